The molecule has 2 heterocycles. The highest BCUT2D eigenvalue weighted by Gasteiger charge is 2.14. The van der Waals surface area contributed by atoms with Gasteiger partial charge in [0.05, 0.1) is 0 Å². The van der Waals surface area contributed by atoms with Gasteiger partial charge in [-0.25, -0.2) is 0 Å². The van der Waals surface area contributed by atoms with Crippen LogP contribution in [0.3, 0.4) is 0 Å². The van der Waals surface area contributed by atoms with Crippen LogP contribution in [-0.4, -0.2) is 26.1 Å². The van der Waals surface area contributed by atoms with Crippen molar-refractivity contribution in [1.29, 1.82) is 0 Å². The van der Waals surface area contributed by atoms with Crippen LogP contribution >= 0.6 is 11.6 Å². The maximum absolute atomic E-state index is 5.96. The van der Waals surface area contributed by atoms with Crippen molar-refractivity contribution in [2.45, 2.75) is 38.5 Å². The summed E-state index contributed by atoms with van der Waals surface area (Å²) in [5, 5.41) is 7.96. The van der Waals surface area contributed by atoms with Gasteiger partial charge in [0.25, 0.3) is 5.78 Å². The number of rotatable bonds is 5. The minimum absolute atomic E-state index is 0.443. The number of nitrogens with one attached hydrogen (secondary N) is 1. The fourth-order valence-electron chi connectivity index (χ4n) is 2.82. The molecule has 0 spiro atoms. The Hall–Kier alpha value is -1.36. The number of hydrogen-bond donors (Lipinski definition) is 1. The summed E-state index contributed by atoms with van der Waals surface area (Å²) in [7, 11) is 0. The van der Waals surface area contributed by atoms with Crippen molar-refractivity contribution >= 4 is 23.2 Å². The van der Waals surface area contributed by atoms with E-state index < -0.39 is 0 Å². The van der Waals surface area contributed by atoms with Crippen LogP contribution in [0.2, 0.25) is 5.15 Å². The lowest BCUT2D eigenvalue weighted by atomic mass is 10.0. The molecule has 0 saturated heterocycles. The fraction of sp³-hybridized carbons (Fsp3) is 0.615. The molecule has 0 atom stereocenters. The van der Waals surface area contributed by atoms with E-state index in [1.165, 1.54) is 44.9 Å². The van der Waals surface area contributed by atoms with Crippen LogP contribution in [0.25, 0.3) is 5.78 Å². The maximum Gasteiger partial charge on any atom is 0.255 e. The Kier molecular flexibility index (Phi) is 3.82. The standard InChI is InChI=1S/C13H18ClN5/c14-11-8-12(19-13(18-11)16-9-17-19)15-7-3-6-10-4-1-2-5-10/h8-10,15H,1-7H2. The van der Waals surface area contributed by atoms with Gasteiger partial charge in [-0.15, -0.1) is 0 Å². The number of anilines is 1. The van der Waals surface area contributed by atoms with Gasteiger partial charge in [0.2, 0.25) is 0 Å². The van der Waals surface area contributed by atoms with Gasteiger partial charge in [-0.3, -0.25) is 0 Å². The van der Waals surface area contributed by atoms with Gasteiger partial charge in [0, 0.05) is 12.6 Å². The Labute approximate surface area is 117 Å². The lowest BCUT2D eigenvalue weighted by Crippen LogP contribution is -2.09. The molecule has 0 unspecified atom stereocenters. The summed E-state index contributed by atoms with van der Waals surface area (Å²) in [6, 6.07) is 1.79. The second-order valence-electron chi connectivity index (χ2n) is 5.16. The van der Waals surface area contributed by atoms with E-state index in [1.54, 1.807) is 10.6 Å². The zero-order valence-corrected chi connectivity index (χ0v) is 11.6. The number of aromatic nitrogens is 4. The molecular formula is C13H18ClN5. The van der Waals surface area contributed by atoms with Crippen LogP contribution in [0.4, 0.5) is 5.82 Å². The second-order valence-corrected chi connectivity index (χ2v) is 5.54. The van der Waals surface area contributed by atoms with Crippen molar-refractivity contribution in [2.24, 2.45) is 5.92 Å². The lowest BCUT2D eigenvalue weighted by molar-refractivity contribution is 0.491. The molecule has 2 aromatic heterocycles. The monoisotopic (exact) mass is 279 g/mol. The minimum Gasteiger partial charge on any atom is -0.370 e. The van der Waals surface area contributed by atoms with Gasteiger partial charge >= 0.3 is 0 Å². The van der Waals surface area contributed by atoms with E-state index in [-0.39, 0.29) is 0 Å². The van der Waals surface area contributed by atoms with Crippen molar-refractivity contribution in [1.82, 2.24) is 19.6 Å². The lowest BCUT2D eigenvalue weighted by Gasteiger charge is -2.10. The first kappa shape index (κ1) is 12.7. The summed E-state index contributed by atoms with van der Waals surface area (Å²) in [5.74, 6) is 2.33. The minimum atomic E-state index is 0.443. The molecule has 0 aromatic carbocycles. The first-order chi connectivity index (χ1) is 9.33. The molecule has 0 aliphatic heterocycles. The zero-order valence-electron chi connectivity index (χ0n) is 10.8. The van der Waals surface area contributed by atoms with Crippen molar-refractivity contribution in [3.05, 3.63) is 17.5 Å². The van der Waals surface area contributed by atoms with E-state index in [0.717, 1.165) is 18.3 Å². The normalized spacial score (nSPS) is 16.3. The summed E-state index contributed by atoms with van der Waals surface area (Å²) in [5.41, 5.74) is 0. The Balaban J connectivity index is 1.57. The predicted molar refractivity (Wildman–Crippen MR) is 75.5 cm³/mol. The molecule has 102 valence electrons. The van der Waals surface area contributed by atoms with Gasteiger partial charge in [-0.05, 0) is 18.8 Å². The van der Waals surface area contributed by atoms with E-state index >= 15 is 0 Å². The Morgan fingerprint density at radius 2 is 2.21 bits per heavy atom. The summed E-state index contributed by atoms with van der Waals surface area (Å²) >= 11 is 5.96. The number of nitrogens with zero attached hydrogens (tertiary/aromatic N) is 4. The van der Waals surface area contributed by atoms with Gasteiger partial charge in [-0.2, -0.15) is 19.6 Å². The average molecular weight is 280 g/mol. The smallest absolute Gasteiger partial charge is 0.255 e. The third-order valence-electron chi connectivity index (χ3n) is 3.79. The summed E-state index contributed by atoms with van der Waals surface area (Å²) in [6.45, 7) is 0.936. The third kappa shape index (κ3) is 2.97. The number of fused-ring (bicyclic) bond motifs is 1. The van der Waals surface area contributed by atoms with Gasteiger partial charge in [0.1, 0.15) is 17.3 Å². The first-order valence-electron chi connectivity index (χ1n) is 6.93. The number of hydrogen-bond acceptors (Lipinski definition) is 4. The maximum atomic E-state index is 5.96. The molecule has 1 fully saturated rings. The first-order valence-corrected chi connectivity index (χ1v) is 7.31. The SMILES string of the molecule is Clc1cc(NCCCC2CCCC2)n2ncnc2n1. The predicted octanol–water partition coefficient (Wildman–Crippen LogP) is 3.16. The quantitative estimate of drug-likeness (QED) is 0.675. The molecule has 0 bridgehead atoms. The van der Waals surface area contributed by atoms with Crippen LogP contribution in [0, 0.1) is 5.92 Å². The molecule has 3 rings (SSSR count). The molecule has 1 aliphatic carbocycles. The molecule has 6 heteroatoms. The van der Waals surface area contributed by atoms with Gasteiger partial charge in [0.15, 0.2) is 0 Å². The van der Waals surface area contributed by atoms with Gasteiger partial charge < -0.3 is 5.32 Å². The largest absolute Gasteiger partial charge is 0.370 e. The van der Waals surface area contributed by atoms with Crippen molar-refractivity contribution in [3.63, 3.8) is 0 Å². The van der Waals surface area contributed by atoms with Gasteiger partial charge in [-0.1, -0.05) is 37.3 Å². The Bertz CT molecular complexity index is 547. The topological polar surface area (TPSA) is 55.1 Å². The van der Waals surface area contributed by atoms with E-state index in [9.17, 15) is 0 Å². The van der Waals surface area contributed by atoms with Crippen molar-refractivity contribution in [2.75, 3.05) is 11.9 Å². The van der Waals surface area contributed by atoms with E-state index in [0.29, 0.717) is 10.9 Å². The zero-order chi connectivity index (χ0) is 13.1. The van der Waals surface area contributed by atoms with E-state index in [1.807, 2.05) is 0 Å². The van der Waals surface area contributed by atoms with Crippen LogP contribution in [0.1, 0.15) is 38.5 Å². The summed E-state index contributed by atoms with van der Waals surface area (Å²) in [4.78, 5) is 8.15. The molecule has 2 aromatic rings. The van der Waals surface area contributed by atoms with Crippen LogP contribution in [-0.2, 0) is 0 Å². The second kappa shape index (κ2) is 5.74. The summed E-state index contributed by atoms with van der Waals surface area (Å²) < 4.78 is 1.68. The highest BCUT2D eigenvalue weighted by atomic mass is 35.5. The molecule has 19 heavy (non-hydrogen) atoms. The van der Waals surface area contributed by atoms with Crippen molar-refractivity contribution in [3.8, 4) is 0 Å². The van der Waals surface area contributed by atoms with Crippen LogP contribution in [0.5, 0.6) is 0 Å². The number of halogens is 1. The highest BCUT2D eigenvalue weighted by Crippen LogP contribution is 2.28. The fourth-order valence-corrected chi connectivity index (χ4v) is 2.99. The molecule has 1 N–H and O–H groups in total. The molecule has 1 saturated carbocycles. The highest BCUT2D eigenvalue weighted by molar-refractivity contribution is 6.29. The molecule has 1 aliphatic rings. The summed E-state index contributed by atoms with van der Waals surface area (Å²) in [6.07, 6.45) is 9.63. The molecular weight excluding hydrogens is 262 g/mol. The van der Waals surface area contributed by atoms with Crippen LogP contribution < -0.4 is 5.32 Å². The Morgan fingerprint density at radius 1 is 1.37 bits per heavy atom. The van der Waals surface area contributed by atoms with E-state index in [4.69, 9.17) is 11.6 Å². The molecule has 0 amide bonds. The molecule has 5 nitrogen and oxygen atoms in total. The average Bonchev–Trinajstić information content (AvgIpc) is 3.04. The van der Waals surface area contributed by atoms with E-state index in [2.05, 4.69) is 20.4 Å². The third-order valence-corrected chi connectivity index (χ3v) is 3.98. The van der Waals surface area contributed by atoms with Crippen molar-refractivity contribution < 1.29 is 0 Å². The Morgan fingerprint density at radius 3 is 3.05 bits per heavy atom. The van der Waals surface area contributed by atoms with Crippen LogP contribution in [0.15, 0.2) is 12.4 Å². The molecule has 0 radical (unpaired) electrons.